The van der Waals surface area contributed by atoms with E-state index in [9.17, 15) is 9.59 Å². The summed E-state index contributed by atoms with van der Waals surface area (Å²) in [5.41, 5.74) is 2.29. The zero-order valence-corrected chi connectivity index (χ0v) is 20.8. The molecule has 1 amide bonds. The van der Waals surface area contributed by atoms with Crippen molar-refractivity contribution in [1.29, 1.82) is 0 Å². The first-order chi connectivity index (χ1) is 16.0. The summed E-state index contributed by atoms with van der Waals surface area (Å²) < 4.78 is 8.17. The van der Waals surface area contributed by atoms with Crippen LogP contribution in [0.1, 0.15) is 16.6 Å². The van der Waals surface area contributed by atoms with Crippen LogP contribution in [-0.2, 0) is 9.53 Å². The van der Waals surface area contributed by atoms with Gasteiger partial charge in [0.2, 0.25) is 5.91 Å². The van der Waals surface area contributed by atoms with Gasteiger partial charge in [0.25, 0.3) is 0 Å². The van der Waals surface area contributed by atoms with Gasteiger partial charge in [0.15, 0.2) is 8.29 Å². The van der Waals surface area contributed by atoms with E-state index in [0.717, 1.165) is 16.1 Å². The van der Waals surface area contributed by atoms with Crippen molar-refractivity contribution in [3.63, 3.8) is 0 Å². The third kappa shape index (κ3) is 5.77. The fourth-order valence-corrected chi connectivity index (χ4v) is 6.12. The Morgan fingerprint density at radius 3 is 2.48 bits per heavy atom. The number of benzene rings is 2. The van der Waals surface area contributed by atoms with Crippen molar-refractivity contribution in [3.8, 4) is 16.1 Å². The summed E-state index contributed by atoms with van der Waals surface area (Å²) >= 11 is 9.36. The molecule has 0 atom stereocenters. The molecule has 10 heteroatoms. The Morgan fingerprint density at radius 1 is 1.09 bits per heavy atom. The van der Waals surface area contributed by atoms with Crippen molar-refractivity contribution in [3.05, 3.63) is 75.6 Å². The molecule has 6 nitrogen and oxygen atoms in total. The van der Waals surface area contributed by atoms with E-state index in [0.29, 0.717) is 18.9 Å². The number of nitrogens with one attached hydrogen (secondary N) is 1. The van der Waals surface area contributed by atoms with Crippen LogP contribution >= 0.6 is 46.7 Å². The molecule has 0 unspecified atom stereocenters. The van der Waals surface area contributed by atoms with Gasteiger partial charge in [-0.15, -0.1) is 16.4 Å². The number of amides is 1. The van der Waals surface area contributed by atoms with E-state index in [-0.39, 0.29) is 18.3 Å². The molecule has 0 fully saturated rings. The highest BCUT2D eigenvalue weighted by Crippen LogP contribution is 2.35. The SMILES string of the molecule is CCOC(=O)c1sc(-c2ccccc2)cc1NC(=O)CSc1nn(-c2ccccc2)c(=S)s1. The average Bonchev–Trinajstić information content (AvgIpc) is 3.42. The maximum atomic E-state index is 12.7. The molecule has 2 heterocycles. The van der Waals surface area contributed by atoms with Crippen molar-refractivity contribution in [2.24, 2.45) is 0 Å². The molecule has 33 heavy (non-hydrogen) atoms. The fraction of sp³-hybridized carbons (Fsp3) is 0.130. The van der Waals surface area contributed by atoms with Crippen molar-refractivity contribution in [2.75, 3.05) is 17.7 Å². The zero-order valence-electron chi connectivity index (χ0n) is 17.5. The fourth-order valence-electron chi connectivity index (χ4n) is 2.94. The molecule has 2 aromatic carbocycles. The summed E-state index contributed by atoms with van der Waals surface area (Å²) in [4.78, 5) is 26.4. The molecule has 1 N–H and O–H groups in total. The van der Waals surface area contributed by atoms with Crippen LogP contribution < -0.4 is 5.32 Å². The molecule has 4 rings (SSSR count). The van der Waals surface area contributed by atoms with Crippen molar-refractivity contribution in [2.45, 2.75) is 11.3 Å². The summed E-state index contributed by atoms with van der Waals surface area (Å²) in [6.45, 7) is 2.01. The van der Waals surface area contributed by atoms with Gasteiger partial charge in [-0.05, 0) is 42.9 Å². The number of carbonyl (C=O) groups excluding carboxylic acids is 2. The van der Waals surface area contributed by atoms with E-state index < -0.39 is 5.97 Å². The Morgan fingerprint density at radius 2 is 1.79 bits per heavy atom. The van der Waals surface area contributed by atoms with E-state index >= 15 is 0 Å². The monoisotopic (exact) mass is 513 g/mol. The van der Waals surface area contributed by atoms with Gasteiger partial charge in [0, 0.05) is 4.88 Å². The minimum Gasteiger partial charge on any atom is -0.462 e. The Bertz CT molecular complexity index is 1310. The van der Waals surface area contributed by atoms with Crippen LogP contribution in [0.25, 0.3) is 16.1 Å². The van der Waals surface area contributed by atoms with Crippen molar-refractivity contribution in [1.82, 2.24) is 9.78 Å². The number of hydrogen-bond acceptors (Lipinski definition) is 8. The summed E-state index contributed by atoms with van der Waals surface area (Å²) in [5, 5.41) is 7.37. The highest BCUT2D eigenvalue weighted by Gasteiger charge is 2.20. The summed E-state index contributed by atoms with van der Waals surface area (Å²) in [6.07, 6.45) is 0. The Labute approximate surface area is 208 Å². The molecular formula is C23H19N3O3S4. The maximum absolute atomic E-state index is 12.7. The maximum Gasteiger partial charge on any atom is 0.350 e. The molecular weight excluding hydrogens is 495 g/mol. The highest BCUT2D eigenvalue weighted by atomic mass is 32.2. The van der Waals surface area contributed by atoms with E-state index in [1.54, 1.807) is 11.6 Å². The number of ether oxygens (including phenoxy) is 1. The topological polar surface area (TPSA) is 73.2 Å². The van der Waals surface area contributed by atoms with Crippen LogP contribution in [-0.4, -0.2) is 34.0 Å². The second-order valence-electron chi connectivity index (χ2n) is 6.66. The van der Waals surface area contributed by atoms with E-state index in [1.165, 1.54) is 34.4 Å². The summed E-state index contributed by atoms with van der Waals surface area (Å²) in [7, 11) is 0. The lowest BCUT2D eigenvalue weighted by Crippen LogP contribution is -2.16. The second-order valence-corrected chi connectivity index (χ2v) is 10.6. The standard InChI is InChI=1S/C23H19N3O3S4/c1-2-29-21(28)20-17(13-18(32-20)15-9-5-3-6-10-15)24-19(27)14-31-22-25-26(23(30)33-22)16-11-7-4-8-12-16/h3-13H,2,14H2,1H3,(H,24,27). The molecule has 0 spiro atoms. The molecule has 0 saturated carbocycles. The molecule has 0 saturated heterocycles. The lowest BCUT2D eigenvalue weighted by molar-refractivity contribution is -0.113. The predicted octanol–water partition coefficient (Wildman–Crippen LogP) is 6.30. The number of nitrogens with zero attached hydrogens (tertiary/aromatic N) is 2. The number of carbonyl (C=O) groups is 2. The minimum atomic E-state index is -0.452. The number of thiophene rings is 1. The number of esters is 1. The van der Waals surface area contributed by atoms with Crippen LogP contribution in [0.15, 0.2) is 71.1 Å². The lowest BCUT2D eigenvalue weighted by Gasteiger charge is -2.05. The molecule has 0 aliphatic rings. The predicted molar refractivity (Wildman–Crippen MR) is 137 cm³/mol. The largest absolute Gasteiger partial charge is 0.462 e. The molecule has 2 aromatic heterocycles. The average molecular weight is 514 g/mol. The Balaban J connectivity index is 1.47. The van der Waals surface area contributed by atoms with Crippen molar-refractivity contribution < 1.29 is 14.3 Å². The molecule has 0 bridgehead atoms. The molecule has 0 radical (unpaired) electrons. The highest BCUT2D eigenvalue weighted by molar-refractivity contribution is 8.01. The van der Waals surface area contributed by atoms with Gasteiger partial charge >= 0.3 is 5.97 Å². The van der Waals surface area contributed by atoms with Gasteiger partial charge in [0.05, 0.1) is 23.7 Å². The second kappa shape index (κ2) is 10.9. The number of para-hydroxylation sites is 1. The summed E-state index contributed by atoms with van der Waals surface area (Å²) in [5.74, 6) is -0.557. The van der Waals surface area contributed by atoms with Crippen LogP contribution in [0.5, 0.6) is 0 Å². The number of anilines is 1. The summed E-state index contributed by atoms with van der Waals surface area (Å²) in [6, 6.07) is 21.1. The molecule has 0 aliphatic heterocycles. The quantitative estimate of drug-likeness (QED) is 0.169. The van der Waals surface area contributed by atoms with E-state index in [1.807, 2.05) is 66.7 Å². The number of aromatic nitrogens is 2. The smallest absolute Gasteiger partial charge is 0.350 e. The van der Waals surface area contributed by atoms with Crippen LogP contribution in [0.2, 0.25) is 0 Å². The van der Waals surface area contributed by atoms with Gasteiger partial charge in [-0.1, -0.05) is 71.6 Å². The first-order valence-corrected chi connectivity index (χ1v) is 13.0. The first-order valence-electron chi connectivity index (χ1n) is 9.99. The Hall–Kier alpha value is -2.79. The minimum absolute atomic E-state index is 0.135. The van der Waals surface area contributed by atoms with E-state index in [2.05, 4.69) is 10.4 Å². The number of rotatable bonds is 8. The van der Waals surface area contributed by atoms with Gasteiger partial charge in [0.1, 0.15) is 4.88 Å². The zero-order chi connectivity index (χ0) is 23.2. The van der Waals surface area contributed by atoms with Gasteiger partial charge in [-0.3, -0.25) is 4.79 Å². The van der Waals surface area contributed by atoms with Gasteiger partial charge in [-0.2, -0.15) is 0 Å². The van der Waals surface area contributed by atoms with Gasteiger partial charge in [-0.25, -0.2) is 9.48 Å². The molecule has 0 aliphatic carbocycles. The Kier molecular flexibility index (Phi) is 7.71. The number of hydrogen-bond donors (Lipinski definition) is 1. The van der Waals surface area contributed by atoms with Crippen LogP contribution in [0.4, 0.5) is 5.69 Å². The molecule has 168 valence electrons. The van der Waals surface area contributed by atoms with Crippen LogP contribution in [0, 0.1) is 3.95 Å². The lowest BCUT2D eigenvalue weighted by atomic mass is 10.2. The third-order valence-corrected chi connectivity index (χ3v) is 7.91. The van der Waals surface area contributed by atoms with E-state index in [4.69, 9.17) is 17.0 Å². The normalized spacial score (nSPS) is 10.7. The van der Waals surface area contributed by atoms with Crippen molar-refractivity contribution >= 4 is 64.2 Å². The number of thioether (sulfide) groups is 1. The molecule has 4 aromatic rings. The third-order valence-electron chi connectivity index (χ3n) is 4.38. The van der Waals surface area contributed by atoms with Crippen LogP contribution in [0.3, 0.4) is 0 Å². The van der Waals surface area contributed by atoms with Gasteiger partial charge < -0.3 is 10.1 Å². The first kappa shape index (κ1) is 23.4.